The summed E-state index contributed by atoms with van der Waals surface area (Å²) in [5, 5.41) is 9.59. The van der Waals surface area contributed by atoms with Crippen LogP contribution in [0.1, 0.15) is 17.3 Å². The zero-order valence-corrected chi connectivity index (χ0v) is 15.2. The third-order valence-corrected chi connectivity index (χ3v) is 4.50. The van der Waals surface area contributed by atoms with Gasteiger partial charge in [-0.05, 0) is 31.2 Å². The highest BCUT2D eigenvalue weighted by Gasteiger charge is 2.26. The number of rotatable bonds is 6. The van der Waals surface area contributed by atoms with Crippen LogP contribution >= 0.6 is 11.8 Å². The fourth-order valence-corrected chi connectivity index (χ4v) is 2.89. The van der Waals surface area contributed by atoms with Crippen molar-refractivity contribution < 1.29 is 18.8 Å². The summed E-state index contributed by atoms with van der Waals surface area (Å²) in [5.74, 6) is -1.81. The van der Waals surface area contributed by atoms with Crippen LogP contribution in [-0.2, 0) is 9.59 Å². The van der Waals surface area contributed by atoms with Gasteiger partial charge in [0.05, 0.1) is 5.56 Å². The van der Waals surface area contributed by atoms with Crippen LogP contribution in [0, 0.1) is 5.82 Å². The lowest BCUT2D eigenvalue weighted by molar-refractivity contribution is -0.132. The SMILES string of the molecule is CC(=O)C(Sc1ccc(NC(=O)c2ccccc2F)nn1)C(=O)N(C)C. The summed E-state index contributed by atoms with van der Waals surface area (Å²) in [6, 6.07) is 8.56. The lowest BCUT2D eigenvalue weighted by Gasteiger charge is -2.17. The fourth-order valence-electron chi connectivity index (χ4n) is 1.94. The second kappa shape index (κ2) is 8.52. The van der Waals surface area contributed by atoms with Gasteiger partial charge in [-0.1, -0.05) is 23.9 Å². The Morgan fingerprint density at radius 3 is 2.35 bits per heavy atom. The highest BCUT2D eigenvalue weighted by atomic mass is 32.2. The molecule has 1 heterocycles. The Kier molecular flexibility index (Phi) is 6.40. The smallest absolute Gasteiger partial charge is 0.259 e. The van der Waals surface area contributed by atoms with Gasteiger partial charge in [0, 0.05) is 14.1 Å². The molecule has 2 rings (SSSR count). The van der Waals surface area contributed by atoms with E-state index in [1.54, 1.807) is 20.2 Å². The van der Waals surface area contributed by atoms with E-state index in [1.165, 1.54) is 42.2 Å². The highest BCUT2D eigenvalue weighted by molar-refractivity contribution is 8.01. The van der Waals surface area contributed by atoms with Crippen LogP contribution in [0.5, 0.6) is 0 Å². The lowest BCUT2D eigenvalue weighted by atomic mass is 10.2. The van der Waals surface area contributed by atoms with E-state index >= 15 is 0 Å². The largest absolute Gasteiger partial charge is 0.347 e. The predicted molar refractivity (Wildman–Crippen MR) is 95.4 cm³/mol. The lowest BCUT2D eigenvalue weighted by Crippen LogP contribution is -2.36. The predicted octanol–water partition coefficient (Wildman–Crippen LogP) is 2.01. The number of hydrogen-bond donors (Lipinski definition) is 1. The van der Waals surface area contributed by atoms with E-state index in [2.05, 4.69) is 15.5 Å². The van der Waals surface area contributed by atoms with E-state index in [0.29, 0.717) is 5.03 Å². The number of aromatic nitrogens is 2. The van der Waals surface area contributed by atoms with Crippen LogP contribution in [0.4, 0.5) is 10.2 Å². The van der Waals surface area contributed by atoms with Crippen LogP contribution < -0.4 is 5.32 Å². The van der Waals surface area contributed by atoms with Crippen molar-refractivity contribution in [3.8, 4) is 0 Å². The zero-order valence-electron chi connectivity index (χ0n) is 14.4. The average Bonchev–Trinajstić information content (AvgIpc) is 2.60. The summed E-state index contributed by atoms with van der Waals surface area (Å²) >= 11 is 0.973. The molecule has 1 aromatic carbocycles. The van der Waals surface area contributed by atoms with E-state index in [-0.39, 0.29) is 23.1 Å². The minimum Gasteiger partial charge on any atom is -0.347 e. The molecule has 2 aromatic rings. The summed E-state index contributed by atoms with van der Waals surface area (Å²) in [7, 11) is 3.12. The Balaban J connectivity index is 2.08. The fraction of sp³-hybridized carbons (Fsp3) is 0.235. The third-order valence-electron chi connectivity index (χ3n) is 3.27. The Morgan fingerprint density at radius 1 is 1.12 bits per heavy atom. The van der Waals surface area contributed by atoms with Gasteiger partial charge in [0.2, 0.25) is 5.91 Å². The van der Waals surface area contributed by atoms with Gasteiger partial charge in [-0.25, -0.2) is 4.39 Å². The maximum atomic E-state index is 13.6. The number of halogens is 1. The maximum Gasteiger partial charge on any atom is 0.259 e. The first-order chi connectivity index (χ1) is 12.3. The molecule has 26 heavy (non-hydrogen) atoms. The summed E-state index contributed by atoms with van der Waals surface area (Å²) in [6.07, 6.45) is 0. The molecule has 1 aromatic heterocycles. The van der Waals surface area contributed by atoms with Crippen LogP contribution in [0.3, 0.4) is 0 Å². The summed E-state index contributed by atoms with van der Waals surface area (Å²) in [6.45, 7) is 1.33. The third kappa shape index (κ3) is 4.85. The molecule has 0 radical (unpaired) electrons. The molecule has 0 saturated carbocycles. The minimum absolute atomic E-state index is 0.110. The maximum absolute atomic E-state index is 13.6. The molecule has 1 N–H and O–H groups in total. The molecule has 0 fully saturated rings. The molecule has 9 heteroatoms. The number of carbonyl (C=O) groups excluding carboxylic acids is 3. The monoisotopic (exact) mass is 376 g/mol. The number of nitrogens with one attached hydrogen (secondary N) is 1. The second-order valence-corrected chi connectivity index (χ2v) is 6.66. The molecule has 2 amide bonds. The molecular formula is C17H17FN4O3S. The van der Waals surface area contributed by atoms with Gasteiger partial charge in [-0.2, -0.15) is 0 Å². The number of anilines is 1. The van der Waals surface area contributed by atoms with Crippen molar-refractivity contribution in [3.05, 3.63) is 47.8 Å². The van der Waals surface area contributed by atoms with Crippen molar-refractivity contribution in [2.24, 2.45) is 0 Å². The van der Waals surface area contributed by atoms with Gasteiger partial charge >= 0.3 is 0 Å². The number of ketones is 1. The van der Waals surface area contributed by atoms with Crippen molar-refractivity contribution in [1.82, 2.24) is 15.1 Å². The Bertz CT molecular complexity index is 827. The van der Waals surface area contributed by atoms with Crippen LogP contribution in [-0.4, -0.2) is 52.0 Å². The van der Waals surface area contributed by atoms with Crippen LogP contribution in [0.2, 0.25) is 0 Å². The van der Waals surface area contributed by atoms with E-state index in [9.17, 15) is 18.8 Å². The van der Waals surface area contributed by atoms with Gasteiger partial charge < -0.3 is 10.2 Å². The number of Topliss-reactive ketones (excluding diaryl/α,β-unsaturated/α-hetero) is 1. The molecule has 0 aliphatic rings. The molecule has 0 aliphatic heterocycles. The summed E-state index contributed by atoms with van der Waals surface area (Å²) in [5.41, 5.74) is -0.110. The molecule has 1 unspecified atom stereocenters. The minimum atomic E-state index is -0.918. The highest BCUT2D eigenvalue weighted by Crippen LogP contribution is 2.23. The number of nitrogens with zero attached hydrogens (tertiary/aromatic N) is 3. The van der Waals surface area contributed by atoms with Crippen LogP contribution in [0.15, 0.2) is 41.4 Å². The molecule has 0 bridgehead atoms. The van der Waals surface area contributed by atoms with Crippen LogP contribution in [0.25, 0.3) is 0 Å². The second-order valence-electron chi connectivity index (χ2n) is 5.53. The van der Waals surface area contributed by atoms with Gasteiger partial charge in [-0.15, -0.1) is 10.2 Å². The van der Waals surface area contributed by atoms with Gasteiger partial charge in [0.25, 0.3) is 5.91 Å². The first-order valence-electron chi connectivity index (χ1n) is 7.57. The Hall–Kier alpha value is -2.81. The number of carbonyl (C=O) groups is 3. The molecule has 0 saturated heterocycles. The normalized spacial score (nSPS) is 11.5. The number of hydrogen-bond acceptors (Lipinski definition) is 6. The molecule has 7 nitrogen and oxygen atoms in total. The topological polar surface area (TPSA) is 92.3 Å². The van der Waals surface area contributed by atoms with Gasteiger partial charge in [-0.3, -0.25) is 14.4 Å². The van der Waals surface area contributed by atoms with E-state index in [0.717, 1.165) is 11.8 Å². The number of benzene rings is 1. The quantitative estimate of drug-likeness (QED) is 0.612. The Morgan fingerprint density at radius 2 is 1.81 bits per heavy atom. The average molecular weight is 376 g/mol. The van der Waals surface area contributed by atoms with Crippen molar-refractivity contribution >= 4 is 35.2 Å². The molecule has 0 spiro atoms. The van der Waals surface area contributed by atoms with Gasteiger partial charge in [0.1, 0.15) is 16.1 Å². The van der Waals surface area contributed by atoms with Crippen molar-refractivity contribution in [2.45, 2.75) is 17.2 Å². The number of thioether (sulfide) groups is 1. The van der Waals surface area contributed by atoms with Crippen molar-refractivity contribution in [2.75, 3.05) is 19.4 Å². The summed E-state index contributed by atoms with van der Waals surface area (Å²) in [4.78, 5) is 37.1. The van der Waals surface area contributed by atoms with E-state index < -0.39 is 17.0 Å². The Labute approximate surface area is 154 Å². The zero-order chi connectivity index (χ0) is 19.3. The molecular weight excluding hydrogens is 359 g/mol. The molecule has 1 atom stereocenters. The first kappa shape index (κ1) is 19.5. The first-order valence-corrected chi connectivity index (χ1v) is 8.45. The van der Waals surface area contributed by atoms with E-state index in [1.807, 2.05) is 0 Å². The van der Waals surface area contributed by atoms with Gasteiger partial charge in [0.15, 0.2) is 11.6 Å². The molecule has 0 aliphatic carbocycles. The van der Waals surface area contributed by atoms with E-state index in [4.69, 9.17) is 0 Å². The van der Waals surface area contributed by atoms with Crippen molar-refractivity contribution in [1.29, 1.82) is 0 Å². The standard InChI is InChI=1S/C17H17FN4O3S/c1-10(23)15(17(25)22(2)3)26-14-9-8-13(20-21-14)19-16(24)11-6-4-5-7-12(11)18/h4-9,15H,1-3H3,(H,19,20,24). The van der Waals surface area contributed by atoms with Crippen molar-refractivity contribution in [3.63, 3.8) is 0 Å². The number of amides is 2. The molecule has 136 valence electrons. The summed E-state index contributed by atoms with van der Waals surface area (Å²) < 4.78 is 13.6.